The number of anilines is 1. The largest absolute Gasteiger partial charge is 0.493 e. The Morgan fingerprint density at radius 3 is 2.59 bits per heavy atom. The third-order valence-corrected chi connectivity index (χ3v) is 6.71. The molecule has 0 N–H and O–H groups in total. The molecular weight excluding hydrogens is 388 g/mol. The molecule has 0 bridgehead atoms. The molecule has 1 aromatic heterocycles. The zero-order valence-corrected chi connectivity index (χ0v) is 16.3. The summed E-state index contributed by atoms with van der Waals surface area (Å²) >= 11 is 6.25. The van der Waals surface area contributed by atoms with E-state index >= 15 is 0 Å². The van der Waals surface area contributed by atoms with Crippen molar-refractivity contribution in [2.24, 2.45) is 0 Å². The molecule has 0 aliphatic carbocycles. The average Bonchev–Trinajstić information content (AvgIpc) is 3.10. The number of aromatic nitrogens is 1. The van der Waals surface area contributed by atoms with Crippen LogP contribution in [-0.4, -0.2) is 34.2 Å². The van der Waals surface area contributed by atoms with Crippen molar-refractivity contribution >= 4 is 38.3 Å². The lowest BCUT2D eigenvalue weighted by Crippen LogP contribution is -2.29. The Hall–Kier alpha value is -2.51. The standard InChI is InChI=1S/C19H17ClN2O4S/c1-25-16-7-6-14(11-17(16)26-2)27(23,24)22-9-8-13-10-12-4-3-5-15(20)18(12)21-19(13)22/h3-7,10-11H,8-9H2,1-2H3. The van der Waals surface area contributed by atoms with Gasteiger partial charge in [-0.25, -0.2) is 17.7 Å². The molecule has 0 fully saturated rings. The zero-order chi connectivity index (χ0) is 19.2. The predicted octanol–water partition coefficient (Wildman–Crippen LogP) is 3.66. The van der Waals surface area contributed by atoms with Gasteiger partial charge >= 0.3 is 0 Å². The first kappa shape index (κ1) is 17.9. The van der Waals surface area contributed by atoms with E-state index in [-0.39, 0.29) is 4.90 Å². The molecule has 0 atom stereocenters. The van der Waals surface area contributed by atoms with Gasteiger partial charge in [0.1, 0.15) is 5.82 Å². The zero-order valence-electron chi connectivity index (χ0n) is 14.8. The lowest BCUT2D eigenvalue weighted by molar-refractivity contribution is 0.354. The van der Waals surface area contributed by atoms with Gasteiger partial charge in [0.05, 0.1) is 29.7 Å². The fourth-order valence-electron chi connectivity index (χ4n) is 3.26. The molecule has 6 nitrogen and oxygen atoms in total. The van der Waals surface area contributed by atoms with E-state index in [1.165, 1.54) is 30.7 Å². The maximum atomic E-state index is 13.2. The van der Waals surface area contributed by atoms with Crippen LogP contribution >= 0.6 is 11.6 Å². The molecule has 0 saturated carbocycles. The van der Waals surface area contributed by atoms with Crippen LogP contribution in [0.15, 0.2) is 47.4 Å². The highest BCUT2D eigenvalue weighted by atomic mass is 35.5. The number of halogens is 1. The highest BCUT2D eigenvalue weighted by molar-refractivity contribution is 7.92. The van der Waals surface area contributed by atoms with Gasteiger partial charge in [0, 0.05) is 18.0 Å². The Balaban J connectivity index is 1.83. The fraction of sp³-hybridized carbons (Fsp3) is 0.211. The maximum Gasteiger partial charge on any atom is 0.265 e. The molecule has 2 heterocycles. The van der Waals surface area contributed by atoms with E-state index in [0.29, 0.717) is 40.8 Å². The van der Waals surface area contributed by atoms with Crippen molar-refractivity contribution in [3.8, 4) is 11.5 Å². The van der Waals surface area contributed by atoms with Gasteiger partial charge < -0.3 is 9.47 Å². The first-order chi connectivity index (χ1) is 13.0. The summed E-state index contributed by atoms with van der Waals surface area (Å²) in [7, 11) is -0.830. The second-order valence-corrected chi connectivity index (χ2v) is 8.40. The minimum absolute atomic E-state index is 0.119. The summed E-state index contributed by atoms with van der Waals surface area (Å²) in [6, 6.07) is 12.0. The van der Waals surface area contributed by atoms with Gasteiger partial charge in [-0.2, -0.15) is 0 Å². The van der Waals surface area contributed by atoms with Crippen LogP contribution in [0.4, 0.5) is 5.82 Å². The van der Waals surface area contributed by atoms with Gasteiger partial charge in [-0.05, 0) is 36.2 Å². The first-order valence-electron chi connectivity index (χ1n) is 8.28. The van der Waals surface area contributed by atoms with Gasteiger partial charge in [-0.15, -0.1) is 0 Å². The van der Waals surface area contributed by atoms with Crippen LogP contribution in [0.5, 0.6) is 11.5 Å². The van der Waals surface area contributed by atoms with Gasteiger partial charge in [0.25, 0.3) is 10.0 Å². The Bertz CT molecular complexity index is 1150. The van der Waals surface area contributed by atoms with Crippen molar-refractivity contribution in [2.75, 3.05) is 25.1 Å². The number of sulfonamides is 1. The highest BCUT2D eigenvalue weighted by Gasteiger charge is 2.33. The number of ether oxygens (including phenoxy) is 2. The molecule has 0 saturated heterocycles. The smallest absolute Gasteiger partial charge is 0.265 e. The summed E-state index contributed by atoms with van der Waals surface area (Å²) in [5.41, 5.74) is 1.47. The molecule has 3 aromatic rings. The molecule has 0 radical (unpaired) electrons. The monoisotopic (exact) mass is 404 g/mol. The minimum atomic E-state index is -3.80. The number of pyridine rings is 1. The van der Waals surface area contributed by atoms with E-state index in [2.05, 4.69) is 4.98 Å². The van der Waals surface area contributed by atoms with Crippen LogP contribution in [-0.2, 0) is 16.4 Å². The quantitative estimate of drug-likeness (QED) is 0.663. The van der Waals surface area contributed by atoms with Crippen LogP contribution in [0.25, 0.3) is 10.9 Å². The van der Waals surface area contributed by atoms with Crippen LogP contribution in [0.1, 0.15) is 5.56 Å². The lowest BCUT2D eigenvalue weighted by Gasteiger charge is -2.20. The molecule has 2 aromatic carbocycles. The Kier molecular flexibility index (Phi) is 4.36. The van der Waals surface area contributed by atoms with Crippen LogP contribution in [0.3, 0.4) is 0 Å². The van der Waals surface area contributed by atoms with Crippen molar-refractivity contribution in [2.45, 2.75) is 11.3 Å². The summed E-state index contributed by atoms with van der Waals surface area (Å²) in [6.45, 7) is 0.326. The van der Waals surface area contributed by atoms with E-state index in [4.69, 9.17) is 21.1 Å². The number of para-hydroxylation sites is 1. The SMILES string of the molecule is COc1ccc(S(=O)(=O)N2CCc3cc4cccc(Cl)c4nc32)cc1OC. The third-order valence-electron chi connectivity index (χ3n) is 4.62. The number of hydrogen-bond donors (Lipinski definition) is 0. The average molecular weight is 405 g/mol. The Morgan fingerprint density at radius 1 is 1.07 bits per heavy atom. The predicted molar refractivity (Wildman–Crippen MR) is 105 cm³/mol. The van der Waals surface area contributed by atoms with Crippen molar-refractivity contribution in [3.05, 3.63) is 53.1 Å². The molecule has 0 spiro atoms. The molecular formula is C19H17ClN2O4S. The third kappa shape index (κ3) is 2.87. The maximum absolute atomic E-state index is 13.2. The number of benzene rings is 2. The second-order valence-electron chi connectivity index (χ2n) is 6.13. The van der Waals surface area contributed by atoms with Crippen LogP contribution in [0.2, 0.25) is 5.02 Å². The molecule has 140 valence electrons. The van der Waals surface area contributed by atoms with E-state index in [9.17, 15) is 8.42 Å². The number of methoxy groups -OCH3 is 2. The van der Waals surface area contributed by atoms with Gasteiger partial charge in [0.2, 0.25) is 0 Å². The fourth-order valence-corrected chi connectivity index (χ4v) is 4.95. The van der Waals surface area contributed by atoms with Crippen molar-refractivity contribution in [1.82, 2.24) is 4.98 Å². The Labute approximate surface area is 162 Å². The summed E-state index contributed by atoms with van der Waals surface area (Å²) in [4.78, 5) is 4.68. The summed E-state index contributed by atoms with van der Waals surface area (Å²) in [5.74, 6) is 1.24. The second kappa shape index (κ2) is 6.58. The van der Waals surface area contributed by atoms with E-state index in [1.807, 2.05) is 18.2 Å². The summed E-state index contributed by atoms with van der Waals surface area (Å²) in [5, 5.41) is 1.39. The van der Waals surface area contributed by atoms with Gasteiger partial charge in [-0.3, -0.25) is 0 Å². The van der Waals surface area contributed by atoms with Crippen molar-refractivity contribution < 1.29 is 17.9 Å². The van der Waals surface area contributed by atoms with Crippen LogP contribution in [0, 0.1) is 0 Å². The van der Waals surface area contributed by atoms with Gasteiger partial charge in [-0.1, -0.05) is 23.7 Å². The normalized spacial score (nSPS) is 13.7. The van der Waals surface area contributed by atoms with Crippen molar-refractivity contribution in [1.29, 1.82) is 0 Å². The molecule has 27 heavy (non-hydrogen) atoms. The molecule has 8 heteroatoms. The number of fused-ring (bicyclic) bond motifs is 2. The molecule has 0 amide bonds. The number of hydrogen-bond acceptors (Lipinski definition) is 5. The topological polar surface area (TPSA) is 68.7 Å². The van der Waals surface area contributed by atoms with Crippen molar-refractivity contribution in [3.63, 3.8) is 0 Å². The molecule has 1 aliphatic heterocycles. The Morgan fingerprint density at radius 2 is 1.85 bits per heavy atom. The molecule has 1 aliphatic rings. The summed E-state index contributed by atoms with van der Waals surface area (Å²) in [6.07, 6.45) is 0.595. The van der Waals surface area contributed by atoms with E-state index in [0.717, 1.165) is 10.9 Å². The van der Waals surface area contributed by atoms with Crippen LogP contribution < -0.4 is 13.8 Å². The minimum Gasteiger partial charge on any atom is -0.493 e. The first-order valence-corrected chi connectivity index (χ1v) is 10.1. The summed E-state index contributed by atoms with van der Waals surface area (Å²) < 4.78 is 38.2. The van der Waals surface area contributed by atoms with E-state index < -0.39 is 10.0 Å². The number of nitrogens with zero attached hydrogens (tertiary/aromatic N) is 2. The number of rotatable bonds is 4. The highest BCUT2D eigenvalue weighted by Crippen LogP contribution is 2.37. The molecule has 0 unspecified atom stereocenters. The van der Waals surface area contributed by atoms with E-state index in [1.54, 1.807) is 12.1 Å². The lowest BCUT2D eigenvalue weighted by atomic mass is 10.1. The van der Waals surface area contributed by atoms with Gasteiger partial charge in [0.15, 0.2) is 11.5 Å². The molecule has 4 rings (SSSR count).